The van der Waals surface area contributed by atoms with Crippen molar-refractivity contribution in [1.82, 2.24) is 10.2 Å². The van der Waals surface area contributed by atoms with Crippen LogP contribution in [0.5, 0.6) is 5.75 Å². The average Bonchev–Trinajstić information content (AvgIpc) is 2.77. The summed E-state index contributed by atoms with van der Waals surface area (Å²) in [5, 5.41) is 23.8. The highest BCUT2D eigenvalue weighted by Crippen LogP contribution is 2.14. The molecule has 29 heavy (non-hydrogen) atoms. The van der Waals surface area contributed by atoms with Gasteiger partial charge in [-0.2, -0.15) is 0 Å². The monoisotopic (exact) mass is 402 g/mol. The van der Waals surface area contributed by atoms with Crippen molar-refractivity contribution >= 4 is 0 Å². The molecule has 6 nitrogen and oxygen atoms in total. The molecule has 0 saturated carbocycles. The van der Waals surface area contributed by atoms with Gasteiger partial charge in [-0.1, -0.05) is 24.3 Å². The number of allylic oxidation sites excluding steroid dienone is 3. The van der Waals surface area contributed by atoms with Crippen LogP contribution in [0, 0.1) is 0 Å². The van der Waals surface area contributed by atoms with Crippen LogP contribution in [0.2, 0.25) is 0 Å². The molecule has 3 rings (SSSR count). The van der Waals surface area contributed by atoms with Crippen LogP contribution in [0.1, 0.15) is 25.7 Å². The van der Waals surface area contributed by atoms with E-state index >= 15 is 0 Å². The molecule has 2 atom stereocenters. The summed E-state index contributed by atoms with van der Waals surface area (Å²) in [6.07, 6.45) is 9.23. The lowest BCUT2D eigenvalue weighted by atomic mass is 10.0. The number of benzene rings is 1. The van der Waals surface area contributed by atoms with Gasteiger partial charge in [-0.05, 0) is 63.1 Å². The number of β-amino-alcohol motifs (C(OH)–C–C–N with tert-alkyl or cyclic N) is 1. The first kappa shape index (κ1) is 21.8. The Morgan fingerprint density at radius 2 is 1.76 bits per heavy atom. The number of likely N-dealkylation sites (tertiary alicyclic amines) is 1. The van der Waals surface area contributed by atoms with Crippen LogP contribution in [0.4, 0.5) is 0 Å². The number of piperidine rings is 1. The first-order chi connectivity index (χ1) is 14.2. The summed E-state index contributed by atoms with van der Waals surface area (Å²) in [6, 6.07) is 9.94. The van der Waals surface area contributed by atoms with Crippen molar-refractivity contribution in [2.75, 3.05) is 39.4 Å². The molecule has 1 aromatic rings. The predicted molar refractivity (Wildman–Crippen MR) is 114 cm³/mol. The molecule has 2 aliphatic rings. The van der Waals surface area contributed by atoms with Crippen molar-refractivity contribution < 1.29 is 19.7 Å². The lowest BCUT2D eigenvalue weighted by Gasteiger charge is -2.34. The summed E-state index contributed by atoms with van der Waals surface area (Å²) in [5.74, 6) is 1.64. The van der Waals surface area contributed by atoms with Gasteiger partial charge in [-0.25, -0.2) is 0 Å². The molecule has 1 heterocycles. The Kier molecular flexibility index (Phi) is 9.02. The standard InChI is InChI=1S/C23H34N2O4/c26-20(17-28-22-7-3-1-4-8-22)15-24-19-11-13-25(14-12-19)16-21(27)18-29-23-9-5-2-6-10-23/h1,3-5,7-10,19-21,24,26-27H,2,6,11-18H2. The Bertz CT molecular complexity index is 642. The van der Waals surface area contributed by atoms with Crippen molar-refractivity contribution in [3.63, 3.8) is 0 Å². The molecule has 0 spiro atoms. The molecule has 0 bridgehead atoms. The van der Waals surface area contributed by atoms with Crippen LogP contribution in [0.3, 0.4) is 0 Å². The molecule has 1 saturated heterocycles. The van der Waals surface area contributed by atoms with Crippen LogP contribution in [0.25, 0.3) is 0 Å². The van der Waals surface area contributed by atoms with Crippen molar-refractivity contribution in [2.24, 2.45) is 0 Å². The fourth-order valence-electron chi connectivity index (χ4n) is 3.63. The summed E-state index contributed by atoms with van der Waals surface area (Å²) < 4.78 is 11.3. The molecule has 0 aromatic heterocycles. The molecule has 160 valence electrons. The summed E-state index contributed by atoms with van der Waals surface area (Å²) in [7, 11) is 0. The highest BCUT2D eigenvalue weighted by atomic mass is 16.5. The first-order valence-corrected chi connectivity index (χ1v) is 10.7. The zero-order valence-corrected chi connectivity index (χ0v) is 17.1. The smallest absolute Gasteiger partial charge is 0.119 e. The lowest BCUT2D eigenvalue weighted by molar-refractivity contribution is 0.0369. The van der Waals surface area contributed by atoms with Crippen LogP contribution in [-0.2, 0) is 4.74 Å². The predicted octanol–water partition coefficient (Wildman–Crippen LogP) is 2.09. The Labute approximate surface area is 173 Å². The fourth-order valence-corrected chi connectivity index (χ4v) is 3.63. The zero-order chi connectivity index (χ0) is 20.3. The van der Waals surface area contributed by atoms with E-state index in [2.05, 4.69) is 22.4 Å². The van der Waals surface area contributed by atoms with Crippen LogP contribution in [0.15, 0.2) is 54.3 Å². The van der Waals surface area contributed by atoms with E-state index in [-0.39, 0.29) is 6.61 Å². The maximum Gasteiger partial charge on any atom is 0.119 e. The van der Waals surface area contributed by atoms with Gasteiger partial charge in [-0.3, -0.25) is 0 Å². The number of nitrogens with zero attached hydrogens (tertiary/aromatic N) is 1. The Balaban J connectivity index is 1.25. The number of nitrogens with one attached hydrogen (secondary N) is 1. The van der Waals surface area contributed by atoms with Gasteiger partial charge in [-0.15, -0.1) is 0 Å². The number of aliphatic hydroxyl groups is 2. The molecular weight excluding hydrogens is 368 g/mol. The van der Waals surface area contributed by atoms with E-state index in [1.807, 2.05) is 36.4 Å². The number of hydrogen-bond acceptors (Lipinski definition) is 6. The van der Waals surface area contributed by atoms with Crippen molar-refractivity contribution in [3.05, 3.63) is 54.3 Å². The van der Waals surface area contributed by atoms with Crippen LogP contribution < -0.4 is 10.1 Å². The molecule has 6 heteroatoms. The maximum absolute atomic E-state index is 10.2. The number of ether oxygens (including phenoxy) is 2. The molecule has 1 aliphatic heterocycles. The van der Waals surface area contributed by atoms with Crippen LogP contribution in [-0.4, -0.2) is 72.8 Å². The highest BCUT2D eigenvalue weighted by Gasteiger charge is 2.21. The number of para-hydroxylation sites is 1. The molecule has 0 amide bonds. The van der Waals surface area contributed by atoms with Crippen molar-refractivity contribution in [2.45, 2.75) is 43.9 Å². The fraction of sp³-hybridized carbons (Fsp3) is 0.565. The molecular formula is C23H34N2O4. The van der Waals surface area contributed by atoms with Crippen LogP contribution >= 0.6 is 0 Å². The van der Waals surface area contributed by atoms with Crippen molar-refractivity contribution in [3.8, 4) is 5.75 Å². The second-order valence-electron chi connectivity index (χ2n) is 7.81. The quantitative estimate of drug-likeness (QED) is 0.526. The Hall–Kier alpha value is -1.86. The third-order valence-corrected chi connectivity index (χ3v) is 5.29. The van der Waals surface area contributed by atoms with Gasteiger partial charge in [0.25, 0.3) is 0 Å². The topological polar surface area (TPSA) is 74.2 Å². The Morgan fingerprint density at radius 1 is 1.00 bits per heavy atom. The van der Waals surface area contributed by atoms with E-state index in [0.29, 0.717) is 25.7 Å². The molecule has 1 fully saturated rings. The molecule has 1 aromatic carbocycles. The number of aliphatic hydroxyl groups excluding tert-OH is 2. The van der Waals surface area contributed by atoms with E-state index in [0.717, 1.165) is 50.3 Å². The summed E-state index contributed by atoms with van der Waals surface area (Å²) in [5.41, 5.74) is 0. The normalized spacial score (nSPS) is 20.1. The average molecular weight is 403 g/mol. The highest BCUT2D eigenvalue weighted by molar-refractivity contribution is 5.20. The lowest BCUT2D eigenvalue weighted by Crippen LogP contribution is -2.47. The summed E-state index contributed by atoms with van der Waals surface area (Å²) in [4.78, 5) is 2.28. The maximum atomic E-state index is 10.2. The minimum absolute atomic E-state index is 0.285. The number of rotatable bonds is 11. The van der Waals surface area contributed by atoms with Gasteiger partial charge in [0.1, 0.15) is 36.9 Å². The van der Waals surface area contributed by atoms with Gasteiger partial charge in [0.05, 0.1) is 0 Å². The van der Waals surface area contributed by atoms with Gasteiger partial charge in [0.2, 0.25) is 0 Å². The molecule has 0 radical (unpaired) electrons. The zero-order valence-electron chi connectivity index (χ0n) is 17.1. The van der Waals surface area contributed by atoms with Gasteiger partial charge >= 0.3 is 0 Å². The molecule has 1 aliphatic carbocycles. The minimum atomic E-state index is -0.532. The second kappa shape index (κ2) is 12.0. The van der Waals surface area contributed by atoms with Gasteiger partial charge in [0.15, 0.2) is 0 Å². The molecule has 2 unspecified atom stereocenters. The summed E-state index contributed by atoms with van der Waals surface area (Å²) >= 11 is 0. The van der Waals surface area contributed by atoms with E-state index in [9.17, 15) is 10.2 Å². The summed E-state index contributed by atoms with van der Waals surface area (Å²) in [6.45, 7) is 3.66. The SMILES string of the molecule is OC(CNC1CCN(CC(O)COC2=CCCC=C2)CC1)COc1ccccc1. The largest absolute Gasteiger partial charge is 0.491 e. The third-order valence-electron chi connectivity index (χ3n) is 5.29. The first-order valence-electron chi connectivity index (χ1n) is 10.7. The van der Waals surface area contributed by atoms with E-state index in [4.69, 9.17) is 9.47 Å². The number of hydrogen-bond donors (Lipinski definition) is 3. The Morgan fingerprint density at radius 3 is 2.48 bits per heavy atom. The van der Waals surface area contributed by atoms with Gasteiger partial charge in [0, 0.05) is 19.1 Å². The van der Waals surface area contributed by atoms with Gasteiger partial charge < -0.3 is 29.9 Å². The second-order valence-corrected chi connectivity index (χ2v) is 7.81. The third kappa shape index (κ3) is 8.19. The minimum Gasteiger partial charge on any atom is -0.491 e. The molecule has 3 N–H and O–H groups in total. The van der Waals surface area contributed by atoms with E-state index < -0.39 is 12.2 Å². The van der Waals surface area contributed by atoms with E-state index in [1.54, 1.807) is 0 Å². The van der Waals surface area contributed by atoms with Crippen molar-refractivity contribution in [1.29, 1.82) is 0 Å². The van der Waals surface area contributed by atoms with E-state index in [1.165, 1.54) is 0 Å².